The van der Waals surface area contributed by atoms with Crippen molar-refractivity contribution in [2.24, 2.45) is 5.73 Å². The van der Waals surface area contributed by atoms with E-state index in [0.717, 1.165) is 0 Å². The van der Waals surface area contributed by atoms with Crippen LogP contribution in [0.4, 0.5) is 26.3 Å². The van der Waals surface area contributed by atoms with Crippen LogP contribution < -0.4 is 10.5 Å². The molecule has 0 spiro atoms. The summed E-state index contributed by atoms with van der Waals surface area (Å²) in [5, 5.41) is 0. The second kappa shape index (κ2) is 4.78. The van der Waals surface area contributed by atoms with E-state index in [1.807, 2.05) is 0 Å². The van der Waals surface area contributed by atoms with Gasteiger partial charge in [-0.3, -0.25) is 0 Å². The van der Waals surface area contributed by atoms with Gasteiger partial charge in [-0.15, -0.1) is 13.2 Å². The molecule has 0 saturated heterocycles. The fourth-order valence-electron chi connectivity index (χ4n) is 1.11. The Kier molecular flexibility index (Phi) is 3.81. The molecule has 0 aliphatic rings. The van der Waals surface area contributed by atoms with Gasteiger partial charge >= 0.3 is 6.36 Å². The first kappa shape index (κ1) is 13.6. The molecule has 0 radical (unpaired) electrons. The van der Waals surface area contributed by atoms with Crippen molar-refractivity contribution in [3.8, 4) is 5.75 Å². The number of ether oxygens (including phenoxy) is 1. The van der Waals surface area contributed by atoms with Crippen molar-refractivity contribution in [1.82, 2.24) is 4.98 Å². The van der Waals surface area contributed by atoms with E-state index in [4.69, 9.17) is 5.73 Å². The number of hydrogen-bond acceptors (Lipinski definition) is 3. The Labute approximate surface area is 91.2 Å². The average Bonchev–Trinajstić information content (AvgIpc) is 2.17. The molecule has 96 valence electrons. The first-order valence-corrected chi connectivity index (χ1v) is 4.18. The Balaban J connectivity index is 3.32. The van der Waals surface area contributed by atoms with Gasteiger partial charge in [0.25, 0.3) is 6.43 Å². The third kappa shape index (κ3) is 3.48. The Morgan fingerprint density at radius 1 is 1.35 bits per heavy atom. The lowest BCUT2D eigenvalue weighted by Crippen LogP contribution is -2.21. The van der Waals surface area contributed by atoms with E-state index in [-0.39, 0.29) is 6.07 Å². The van der Waals surface area contributed by atoms with Gasteiger partial charge in [-0.1, -0.05) is 0 Å². The predicted molar refractivity (Wildman–Crippen MR) is 43.7 cm³/mol. The lowest BCUT2D eigenvalue weighted by atomic mass is 10.2. The quantitative estimate of drug-likeness (QED) is 0.671. The second-order valence-electron chi connectivity index (χ2n) is 2.86. The highest BCUT2D eigenvalue weighted by atomic mass is 19.4. The van der Waals surface area contributed by atoms with Crippen molar-refractivity contribution >= 4 is 0 Å². The van der Waals surface area contributed by atoms with Gasteiger partial charge in [-0.25, -0.2) is 13.8 Å². The first-order valence-electron chi connectivity index (χ1n) is 4.18. The molecule has 0 aliphatic heterocycles. The van der Waals surface area contributed by atoms with Gasteiger partial charge in [-0.05, 0) is 0 Å². The molecule has 0 aliphatic carbocycles. The Morgan fingerprint density at radius 3 is 2.35 bits per heavy atom. The number of pyridine rings is 1. The van der Waals surface area contributed by atoms with Crippen molar-refractivity contribution in [2.45, 2.75) is 19.3 Å². The third-order valence-electron chi connectivity index (χ3n) is 1.69. The van der Waals surface area contributed by atoms with Crippen LogP contribution in [0.5, 0.6) is 5.75 Å². The molecule has 2 N–H and O–H groups in total. The van der Waals surface area contributed by atoms with Crippen molar-refractivity contribution in [3.05, 3.63) is 23.3 Å². The van der Waals surface area contributed by atoms with Gasteiger partial charge in [0.05, 0.1) is 11.3 Å². The summed E-state index contributed by atoms with van der Waals surface area (Å²) in [5.41, 5.74) is 3.02. The lowest BCUT2D eigenvalue weighted by Gasteiger charge is -2.15. The molecule has 1 aromatic rings. The summed E-state index contributed by atoms with van der Waals surface area (Å²) in [6.45, 7) is -0.664. The molecule has 0 aromatic carbocycles. The van der Waals surface area contributed by atoms with E-state index in [9.17, 15) is 26.3 Å². The van der Waals surface area contributed by atoms with Crippen LogP contribution >= 0.6 is 0 Å². The third-order valence-corrected chi connectivity index (χ3v) is 1.69. The van der Waals surface area contributed by atoms with E-state index in [1.54, 1.807) is 0 Å². The van der Waals surface area contributed by atoms with Crippen LogP contribution in [0.2, 0.25) is 0 Å². The average molecular weight is 260 g/mol. The Morgan fingerprint density at radius 2 is 1.94 bits per heavy atom. The molecule has 0 unspecified atom stereocenters. The zero-order valence-electron chi connectivity index (χ0n) is 8.06. The number of aromatic nitrogens is 1. The summed E-state index contributed by atoms with van der Waals surface area (Å²) in [5.74, 6) is -2.60. The lowest BCUT2D eigenvalue weighted by molar-refractivity contribution is -0.275. The molecule has 0 fully saturated rings. The number of alkyl halides is 5. The fourth-order valence-corrected chi connectivity index (χ4v) is 1.11. The summed E-state index contributed by atoms with van der Waals surface area (Å²) < 4.78 is 76.9. The molecule has 0 bridgehead atoms. The summed E-state index contributed by atoms with van der Waals surface area (Å²) in [4.78, 5) is 2.97. The number of rotatable bonds is 3. The van der Waals surface area contributed by atoms with Crippen LogP contribution in [0.1, 0.15) is 17.7 Å². The maximum atomic E-state index is 12.8. The molecular formula is C8H6F6N2O. The zero-order chi connectivity index (χ0) is 13.2. The van der Waals surface area contributed by atoms with Crippen LogP contribution in [0.3, 0.4) is 0 Å². The highest BCUT2D eigenvalue weighted by Gasteiger charge is 2.35. The molecule has 9 heteroatoms. The molecule has 1 rings (SSSR count). The largest absolute Gasteiger partial charge is 0.573 e. The minimum Gasteiger partial charge on any atom is -0.403 e. The van der Waals surface area contributed by atoms with Crippen molar-refractivity contribution < 1.29 is 31.1 Å². The van der Waals surface area contributed by atoms with Crippen LogP contribution in [0.25, 0.3) is 0 Å². The number of nitrogens with two attached hydrogens (primary N) is 1. The van der Waals surface area contributed by atoms with Gasteiger partial charge in [0.2, 0.25) is 5.95 Å². The summed E-state index contributed by atoms with van der Waals surface area (Å²) in [7, 11) is 0. The smallest absolute Gasteiger partial charge is 0.403 e. The van der Waals surface area contributed by atoms with Crippen LogP contribution in [-0.2, 0) is 6.54 Å². The highest BCUT2D eigenvalue weighted by molar-refractivity contribution is 5.38. The van der Waals surface area contributed by atoms with Crippen LogP contribution in [0.15, 0.2) is 6.07 Å². The number of halogens is 6. The van der Waals surface area contributed by atoms with Crippen molar-refractivity contribution in [3.63, 3.8) is 0 Å². The standard InChI is InChI=1S/C8H6F6N2O/c9-5-1-3(7(10)11)6(4(2-15)16-5)17-8(12,13)14/h1,7H,2,15H2. The molecule has 17 heavy (non-hydrogen) atoms. The molecule has 0 atom stereocenters. The maximum Gasteiger partial charge on any atom is 0.573 e. The topological polar surface area (TPSA) is 48.1 Å². The van der Waals surface area contributed by atoms with Crippen molar-refractivity contribution in [2.75, 3.05) is 0 Å². The predicted octanol–water partition coefficient (Wildman–Crippen LogP) is 2.52. The molecule has 1 aromatic heterocycles. The molecule has 1 heterocycles. The number of nitrogens with zero attached hydrogens (tertiary/aromatic N) is 1. The minimum atomic E-state index is -5.19. The highest BCUT2D eigenvalue weighted by Crippen LogP contribution is 2.35. The molecular weight excluding hydrogens is 254 g/mol. The fraction of sp³-hybridized carbons (Fsp3) is 0.375. The van der Waals surface area contributed by atoms with Crippen LogP contribution in [0, 0.1) is 5.95 Å². The normalized spacial score (nSPS) is 12.0. The molecule has 3 nitrogen and oxygen atoms in total. The van der Waals surface area contributed by atoms with Gasteiger partial charge < -0.3 is 10.5 Å². The SMILES string of the molecule is NCc1nc(F)cc(C(F)F)c1OC(F)(F)F. The Hall–Kier alpha value is -1.51. The summed E-state index contributed by atoms with van der Waals surface area (Å²) in [6.07, 6.45) is -8.53. The van der Waals surface area contributed by atoms with Crippen molar-refractivity contribution in [1.29, 1.82) is 0 Å². The zero-order valence-corrected chi connectivity index (χ0v) is 8.06. The van der Waals surface area contributed by atoms with E-state index in [0.29, 0.717) is 0 Å². The van der Waals surface area contributed by atoms with Gasteiger partial charge in [-0.2, -0.15) is 4.39 Å². The Bertz CT molecular complexity index is 406. The first-order chi connectivity index (χ1) is 7.74. The van der Waals surface area contributed by atoms with E-state index in [2.05, 4.69) is 9.72 Å². The minimum absolute atomic E-state index is 0.172. The van der Waals surface area contributed by atoms with E-state index < -0.39 is 42.3 Å². The second-order valence-corrected chi connectivity index (χ2v) is 2.86. The summed E-state index contributed by atoms with van der Waals surface area (Å²) >= 11 is 0. The van der Waals surface area contributed by atoms with E-state index in [1.165, 1.54) is 0 Å². The van der Waals surface area contributed by atoms with Gasteiger partial charge in [0.15, 0.2) is 5.75 Å². The van der Waals surface area contributed by atoms with E-state index >= 15 is 0 Å². The van der Waals surface area contributed by atoms with Gasteiger partial charge in [0, 0.05) is 12.6 Å². The van der Waals surface area contributed by atoms with Gasteiger partial charge in [0.1, 0.15) is 0 Å². The van der Waals surface area contributed by atoms with Crippen LogP contribution in [-0.4, -0.2) is 11.3 Å². The molecule has 0 saturated carbocycles. The maximum absolute atomic E-state index is 12.8. The number of hydrogen-bond donors (Lipinski definition) is 1. The monoisotopic (exact) mass is 260 g/mol. The molecule has 0 amide bonds. The summed E-state index contributed by atoms with van der Waals surface area (Å²) in [6, 6.07) is 0.172.